The van der Waals surface area contributed by atoms with Gasteiger partial charge >= 0.3 is 0 Å². The molecule has 0 radical (unpaired) electrons. The van der Waals surface area contributed by atoms with Gasteiger partial charge in [0.05, 0.1) is 0 Å². The Morgan fingerprint density at radius 3 is 0.513 bits per heavy atom. The fourth-order valence-corrected chi connectivity index (χ4v) is 10.4. The van der Waals surface area contributed by atoms with Gasteiger partial charge < -0.3 is 14.7 Å². The van der Waals surface area contributed by atoms with Crippen LogP contribution in [0.15, 0.2) is 328 Å². The zero-order valence-corrected chi connectivity index (χ0v) is 42.1. The third kappa shape index (κ3) is 10.2. The van der Waals surface area contributed by atoms with Gasteiger partial charge in [-0.05, 0) is 159 Å². The van der Waals surface area contributed by atoms with E-state index in [0.717, 1.165) is 56.7 Å². The minimum atomic E-state index is 0.0779. The quantitative estimate of drug-likeness (QED) is 0.0948. The average Bonchev–Trinajstić information content (AvgIpc) is 3.51. The molecule has 3 nitrogen and oxygen atoms in total. The zero-order valence-electron chi connectivity index (χ0n) is 42.1. The fourth-order valence-electron chi connectivity index (χ4n) is 10.4. The molecule has 12 aromatic carbocycles. The van der Waals surface area contributed by atoms with Crippen LogP contribution in [0.2, 0.25) is 0 Å². The molecule has 76 heavy (non-hydrogen) atoms. The molecule has 0 bridgehead atoms. The Hall–Kier alpha value is -9.96. The van der Waals surface area contributed by atoms with E-state index in [4.69, 9.17) is 0 Å². The number of benzene rings is 12. The van der Waals surface area contributed by atoms with Crippen molar-refractivity contribution in [1.29, 1.82) is 0 Å². The zero-order chi connectivity index (χ0) is 50.9. The molecule has 0 saturated heterocycles. The fraction of sp³-hybridized carbons (Fsp3) is 0.0137. The van der Waals surface area contributed by atoms with Crippen molar-refractivity contribution >= 4 is 51.2 Å². The molecule has 3 heteroatoms. The van der Waals surface area contributed by atoms with Crippen LogP contribution in [-0.4, -0.2) is 0 Å². The summed E-state index contributed by atoms with van der Waals surface area (Å²) in [6, 6.07) is 118. The van der Waals surface area contributed by atoms with Crippen LogP contribution in [0.1, 0.15) is 22.6 Å². The van der Waals surface area contributed by atoms with Gasteiger partial charge in [-0.25, -0.2) is 0 Å². The maximum absolute atomic E-state index is 2.33. The summed E-state index contributed by atoms with van der Waals surface area (Å²) in [5, 5.41) is 0. The summed E-state index contributed by atoms with van der Waals surface area (Å²) in [5.74, 6) is 0.0779. The Morgan fingerprint density at radius 1 is 0.145 bits per heavy atom. The molecule has 0 aliphatic rings. The molecule has 0 N–H and O–H groups in total. The first kappa shape index (κ1) is 47.1. The Balaban J connectivity index is 0.772. The first-order chi connectivity index (χ1) is 37.7. The van der Waals surface area contributed by atoms with Gasteiger partial charge in [-0.2, -0.15) is 0 Å². The average molecular weight is 974 g/mol. The summed E-state index contributed by atoms with van der Waals surface area (Å²) in [7, 11) is 0. The van der Waals surface area contributed by atoms with Gasteiger partial charge in [-0.3, -0.25) is 0 Å². The highest BCUT2D eigenvalue weighted by molar-refractivity contribution is 5.82. The predicted octanol–water partition coefficient (Wildman–Crippen LogP) is 20.3. The van der Waals surface area contributed by atoms with Crippen LogP contribution in [0.5, 0.6) is 0 Å². The number of para-hydroxylation sites is 5. The monoisotopic (exact) mass is 973 g/mol. The largest absolute Gasteiger partial charge is 0.311 e. The van der Waals surface area contributed by atoms with Crippen molar-refractivity contribution in [2.75, 3.05) is 14.7 Å². The minimum absolute atomic E-state index is 0.0779. The highest BCUT2D eigenvalue weighted by atomic mass is 15.2. The van der Waals surface area contributed by atoms with Crippen molar-refractivity contribution in [1.82, 2.24) is 0 Å². The Kier molecular flexibility index (Phi) is 13.6. The van der Waals surface area contributed by atoms with E-state index in [1.54, 1.807) is 0 Å². The van der Waals surface area contributed by atoms with Crippen LogP contribution >= 0.6 is 0 Å². The standard InChI is InChI=1S/C73H55N3/c1-7-19-61(20-8-1)73(62-35-31-55(32-36-62)57-39-47-69(48-40-57)74(64-21-9-2-10-22-64)65-23-11-3-12-24-65)63-37-33-56(34-38-63)58-41-51-71(52-42-58)76(68-29-17-6-18-30-68)72-53-45-60(46-54-72)59-43-49-70(50-44-59)75(66-25-13-4-14-26-66)67-27-15-5-16-28-67/h1-54,73H. The Morgan fingerprint density at radius 2 is 0.303 bits per heavy atom. The second-order valence-corrected chi connectivity index (χ2v) is 19.0. The van der Waals surface area contributed by atoms with Crippen LogP contribution in [0.25, 0.3) is 33.4 Å². The molecule has 0 aliphatic carbocycles. The second kappa shape index (κ2) is 22.0. The van der Waals surface area contributed by atoms with E-state index in [2.05, 4.69) is 342 Å². The number of hydrogen-bond acceptors (Lipinski definition) is 3. The normalized spacial score (nSPS) is 11.4. The summed E-state index contributed by atoms with van der Waals surface area (Å²) >= 11 is 0. The first-order valence-corrected chi connectivity index (χ1v) is 26.0. The molecule has 12 aromatic rings. The Bertz CT molecular complexity index is 3390. The molecule has 0 aromatic heterocycles. The van der Waals surface area contributed by atoms with Crippen LogP contribution < -0.4 is 14.7 Å². The maximum atomic E-state index is 2.33. The molecular formula is C73H55N3. The van der Waals surface area contributed by atoms with Gasteiger partial charge in [-0.1, -0.05) is 218 Å². The Labute approximate surface area is 447 Å². The van der Waals surface area contributed by atoms with E-state index in [-0.39, 0.29) is 5.92 Å². The smallest absolute Gasteiger partial charge is 0.0462 e. The van der Waals surface area contributed by atoms with Crippen molar-refractivity contribution in [3.8, 4) is 33.4 Å². The third-order valence-corrected chi connectivity index (χ3v) is 14.2. The lowest BCUT2D eigenvalue weighted by Gasteiger charge is -2.26. The van der Waals surface area contributed by atoms with E-state index < -0.39 is 0 Å². The molecule has 0 heterocycles. The molecule has 1 atom stereocenters. The number of rotatable bonds is 15. The summed E-state index contributed by atoms with van der Waals surface area (Å²) in [4.78, 5) is 6.92. The molecule has 12 rings (SSSR count). The van der Waals surface area contributed by atoms with Crippen molar-refractivity contribution < 1.29 is 0 Å². The number of anilines is 9. The van der Waals surface area contributed by atoms with Crippen molar-refractivity contribution in [2.45, 2.75) is 5.92 Å². The lowest BCUT2D eigenvalue weighted by Crippen LogP contribution is -2.09. The van der Waals surface area contributed by atoms with Crippen LogP contribution in [0.3, 0.4) is 0 Å². The molecule has 1 unspecified atom stereocenters. The SMILES string of the molecule is c1ccc(C(c2ccc(-c3ccc(N(c4ccccc4)c4ccccc4)cc3)cc2)c2ccc(-c3ccc(N(c4ccccc4)c4ccc(-c5ccc(N(c6ccccc6)c6ccccc6)cc5)cc4)cc3)cc2)cc1. The molecule has 362 valence electrons. The molecule has 0 amide bonds. The van der Waals surface area contributed by atoms with Gasteiger partial charge in [0.25, 0.3) is 0 Å². The van der Waals surface area contributed by atoms with Crippen molar-refractivity contribution in [2.24, 2.45) is 0 Å². The third-order valence-electron chi connectivity index (χ3n) is 14.2. The maximum Gasteiger partial charge on any atom is 0.0462 e. The minimum Gasteiger partial charge on any atom is -0.311 e. The van der Waals surface area contributed by atoms with Gasteiger partial charge in [0.15, 0.2) is 0 Å². The van der Waals surface area contributed by atoms with Gasteiger partial charge in [0.2, 0.25) is 0 Å². The van der Waals surface area contributed by atoms with E-state index in [0.29, 0.717) is 0 Å². The van der Waals surface area contributed by atoms with E-state index in [1.807, 2.05) is 0 Å². The van der Waals surface area contributed by atoms with E-state index >= 15 is 0 Å². The summed E-state index contributed by atoms with van der Waals surface area (Å²) in [5.41, 5.74) is 20.8. The molecule has 0 saturated carbocycles. The van der Waals surface area contributed by atoms with Crippen molar-refractivity contribution in [3.05, 3.63) is 344 Å². The van der Waals surface area contributed by atoms with E-state index in [9.17, 15) is 0 Å². The molecule has 0 fully saturated rings. The summed E-state index contributed by atoms with van der Waals surface area (Å²) < 4.78 is 0. The highest BCUT2D eigenvalue weighted by Gasteiger charge is 2.19. The molecule has 0 spiro atoms. The van der Waals surface area contributed by atoms with Crippen LogP contribution in [-0.2, 0) is 0 Å². The summed E-state index contributed by atoms with van der Waals surface area (Å²) in [6.45, 7) is 0. The predicted molar refractivity (Wildman–Crippen MR) is 321 cm³/mol. The van der Waals surface area contributed by atoms with Gasteiger partial charge in [-0.15, -0.1) is 0 Å². The number of nitrogens with zero attached hydrogens (tertiary/aromatic N) is 3. The highest BCUT2D eigenvalue weighted by Crippen LogP contribution is 2.41. The number of hydrogen-bond donors (Lipinski definition) is 0. The van der Waals surface area contributed by atoms with E-state index in [1.165, 1.54) is 44.5 Å². The van der Waals surface area contributed by atoms with Gasteiger partial charge in [0, 0.05) is 57.1 Å². The topological polar surface area (TPSA) is 9.72 Å². The first-order valence-electron chi connectivity index (χ1n) is 26.0. The lowest BCUT2D eigenvalue weighted by atomic mass is 9.84. The van der Waals surface area contributed by atoms with Gasteiger partial charge in [0.1, 0.15) is 0 Å². The lowest BCUT2D eigenvalue weighted by molar-refractivity contribution is 0.978. The molecular weight excluding hydrogens is 919 g/mol. The van der Waals surface area contributed by atoms with Crippen molar-refractivity contribution in [3.63, 3.8) is 0 Å². The molecule has 0 aliphatic heterocycles. The second-order valence-electron chi connectivity index (χ2n) is 19.0. The summed E-state index contributed by atoms with van der Waals surface area (Å²) in [6.07, 6.45) is 0. The van der Waals surface area contributed by atoms with Crippen LogP contribution in [0.4, 0.5) is 51.2 Å². The van der Waals surface area contributed by atoms with Crippen LogP contribution in [0, 0.1) is 0 Å².